The van der Waals surface area contributed by atoms with E-state index in [-0.39, 0.29) is 17.8 Å². The summed E-state index contributed by atoms with van der Waals surface area (Å²) in [6.07, 6.45) is 1.11. The van der Waals surface area contributed by atoms with Crippen molar-refractivity contribution in [3.8, 4) is 0 Å². The molecule has 3 nitrogen and oxygen atoms in total. The molecule has 1 aromatic rings. The minimum absolute atomic E-state index is 0.00310. The smallest absolute Gasteiger partial charge is 0.133 e. The molecule has 0 saturated carbocycles. The van der Waals surface area contributed by atoms with Gasteiger partial charge in [0.2, 0.25) is 0 Å². The monoisotopic (exact) mass is 248 g/mol. The summed E-state index contributed by atoms with van der Waals surface area (Å²) in [4.78, 5) is 11.7. The van der Waals surface area contributed by atoms with Crippen molar-refractivity contribution in [2.75, 3.05) is 19.8 Å². The fourth-order valence-corrected chi connectivity index (χ4v) is 2.29. The molecule has 2 rings (SSSR count). The van der Waals surface area contributed by atoms with Crippen molar-refractivity contribution in [3.05, 3.63) is 35.9 Å². The summed E-state index contributed by atoms with van der Waals surface area (Å²) in [5.74, 6) is 0.386. The Morgan fingerprint density at radius 1 is 1.33 bits per heavy atom. The predicted molar refractivity (Wildman–Crippen MR) is 69.7 cm³/mol. The highest BCUT2D eigenvalue weighted by Gasteiger charge is 2.28. The van der Waals surface area contributed by atoms with Gasteiger partial charge in [-0.15, -0.1) is 0 Å². The number of hydrogen-bond acceptors (Lipinski definition) is 3. The number of Topliss-reactive ketones (excluding diaryl/α,β-unsaturated/α-hetero) is 1. The minimum Gasteiger partial charge on any atom is -0.376 e. The van der Waals surface area contributed by atoms with Crippen molar-refractivity contribution < 1.29 is 14.3 Å². The number of ether oxygens (including phenoxy) is 2. The third-order valence-corrected chi connectivity index (χ3v) is 3.36. The molecule has 2 unspecified atom stereocenters. The van der Waals surface area contributed by atoms with Crippen LogP contribution >= 0.6 is 0 Å². The largest absolute Gasteiger partial charge is 0.376 e. The predicted octanol–water partition coefficient (Wildman–Crippen LogP) is 2.55. The Bertz CT molecular complexity index is 369. The van der Waals surface area contributed by atoms with Crippen molar-refractivity contribution in [3.63, 3.8) is 0 Å². The van der Waals surface area contributed by atoms with Crippen LogP contribution in [0.4, 0.5) is 0 Å². The molecule has 3 heteroatoms. The van der Waals surface area contributed by atoms with Gasteiger partial charge in [0.25, 0.3) is 0 Å². The Hall–Kier alpha value is -1.19. The SMILES string of the molecule is CCC(=O)CC(c1ccccc1)C1COCCO1. The van der Waals surface area contributed by atoms with Gasteiger partial charge in [0.05, 0.1) is 25.9 Å². The summed E-state index contributed by atoms with van der Waals surface area (Å²) in [5, 5.41) is 0. The molecule has 0 N–H and O–H groups in total. The van der Waals surface area contributed by atoms with Crippen molar-refractivity contribution >= 4 is 5.78 Å². The number of carbonyl (C=O) groups is 1. The van der Waals surface area contributed by atoms with E-state index >= 15 is 0 Å². The lowest BCUT2D eigenvalue weighted by molar-refractivity contribution is -0.124. The Morgan fingerprint density at radius 3 is 2.72 bits per heavy atom. The highest BCUT2D eigenvalue weighted by Crippen LogP contribution is 2.28. The summed E-state index contributed by atoms with van der Waals surface area (Å²) in [6, 6.07) is 10.1. The van der Waals surface area contributed by atoms with Crippen LogP contribution in [0.1, 0.15) is 31.2 Å². The standard InChI is InChI=1S/C15H20O3/c1-2-13(16)10-14(12-6-4-3-5-7-12)15-11-17-8-9-18-15/h3-7,14-15H,2,8-11H2,1H3. The molecule has 2 atom stereocenters. The Morgan fingerprint density at radius 2 is 2.11 bits per heavy atom. The van der Waals surface area contributed by atoms with E-state index in [0.29, 0.717) is 32.7 Å². The van der Waals surface area contributed by atoms with Gasteiger partial charge in [0, 0.05) is 18.8 Å². The molecular formula is C15H20O3. The van der Waals surface area contributed by atoms with Gasteiger partial charge in [-0.3, -0.25) is 4.79 Å². The van der Waals surface area contributed by atoms with Gasteiger partial charge in [0.15, 0.2) is 0 Å². The lowest BCUT2D eigenvalue weighted by Gasteiger charge is -2.30. The normalized spacial score (nSPS) is 21.5. The van der Waals surface area contributed by atoms with Crippen LogP contribution in [0.2, 0.25) is 0 Å². The topological polar surface area (TPSA) is 35.5 Å². The summed E-state index contributed by atoms with van der Waals surface area (Å²) in [7, 11) is 0. The Balaban J connectivity index is 2.14. The zero-order chi connectivity index (χ0) is 12.8. The first-order valence-electron chi connectivity index (χ1n) is 6.57. The van der Waals surface area contributed by atoms with Gasteiger partial charge in [-0.2, -0.15) is 0 Å². The molecular weight excluding hydrogens is 228 g/mol. The highest BCUT2D eigenvalue weighted by molar-refractivity contribution is 5.79. The van der Waals surface area contributed by atoms with Crippen LogP contribution < -0.4 is 0 Å². The van der Waals surface area contributed by atoms with E-state index in [9.17, 15) is 4.79 Å². The molecule has 98 valence electrons. The van der Waals surface area contributed by atoms with Crippen molar-refractivity contribution in [2.24, 2.45) is 0 Å². The van der Waals surface area contributed by atoms with Crippen LogP contribution in [0.5, 0.6) is 0 Å². The average molecular weight is 248 g/mol. The van der Waals surface area contributed by atoms with E-state index in [1.165, 1.54) is 0 Å². The second-order valence-electron chi connectivity index (χ2n) is 4.60. The van der Waals surface area contributed by atoms with Gasteiger partial charge < -0.3 is 9.47 Å². The molecule has 0 radical (unpaired) electrons. The van der Waals surface area contributed by atoms with E-state index in [1.54, 1.807) is 0 Å². The summed E-state index contributed by atoms with van der Waals surface area (Å²) < 4.78 is 11.2. The molecule has 1 saturated heterocycles. The Labute approximate surface area is 108 Å². The lowest BCUT2D eigenvalue weighted by atomic mass is 9.88. The van der Waals surface area contributed by atoms with E-state index < -0.39 is 0 Å². The zero-order valence-electron chi connectivity index (χ0n) is 10.8. The van der Waals surface area contributed by atoms with Crippen molar-refractivity contribution in [1.29, 1.82) is 0 Å². The third-order valence-electron chi connectivity index (χ3n) is 3.36. The van der Waals surface area contributed by atoms with E-state index in [0.717, 1.165) is 5.56 Å². The van der Waals surface area contributed by atoms with Crippen LogP contribution in [-0.4, -0.2) is 31.7 Å². The lowest BCUT2D eigenvalue weighted by Crippen LogP contribution is -2.34. The maximum absolute atomic E-state index is 11.7. The molecule has 1 heterocycles. The molecule has 1 aliphatic heterocycles. The first-order chi connectivity index (χ1) is 8.81. The number of benzene rings is 1. The van der Waals surface area contributed by atoms with Gasteiger partial charge in [-0.1, -0.05) is 37.3 Å². The minimum atomic E-state index is -0.00310. The summed E-state index contributed by atoms with van der Waals surface area (Å²) in [6.45, 7) is 3.76. The van der Waals surface area contributed by atoms with Gasteiger partial charge in [-0.05, 0) is 5.56 Å². The van der Waals surface area contributed by atoms with Crippen molar-refractivity contribution in [2.45, 2.75) is 31.8 Å². The van der Waals surface area contributed by atoms with Crippen LogP contribution in [0.15, 0.2) is 30.3 Å². The third kappa shape index (κ3) is 3.40. The van der Waals surface area contributed by atoms with E-state index in [4.69, 9.17) is 9.47 Å². The summed E-state index contributed by atoms with van der Waals surface area (Å²) in [5.41, 5.74) is 1.16. The molecule has 0 aromatic heterocycles. The molecule has 0 aliphatic carbocycles. The van der Waals surface area contributed by atoms with Crippen LogP contribution in [-0.2, 0) is 14.3 Å². The molecule has 0 amide bonds. The maximum Gasteiger partial charge on any atom is 0.133 e. The number of ketones is 1. The molecule has 18 heavy (non-hydrogen) atoms. The molecule has 1 aromatic carbocycles. The molecule has 0 spiro atoms. The quantitative estimate of drug-likeness (QED) is 0.803. The van der Waals surface area contributed by atoms with E-state index in [1.807, 2.05) is 25.1 Å². The van der Waals surface area contributed by atoms with Gasteiger partial charge >= 0.3 is 0 Å². The number of carbonyl (C=O) groups excluding carboxylic acids is 1. The second kappa shape index (κ2) is 6.66. The first kappa shape index (κ1) is 13.2. The number of hydrogen-bond donors (Lipinski definition) is 0. The average Bonchev–Trinajstić information content (AvgIpc) is 2.46. The first-order valence-corrected chi connectivity index (χ1v) is 6.57. The van der Waals surface area contributed by atoms with Gasteiger partial charge in [-0.25, -0.2) is 0 Å². The zero-order valence-corrected chi connectivity index (χ0v) is 10.8. The fourth-order valence-electron chi connectivity index (χ4n) is 2.29. The summed E-state index contributed by atoms with van der Waals surface area (Å²) >= 11 is 0. The van der Waals surface area contributed by atoms with Gasteiger partial charge in [0.1, 0.15) is 5.78 Å². The van der Waals surface area contributed by atoms with Crippen LogP contribution in [0.3, 0.4) is 0 Å². The fraction of sp³-hybridized carbons (Fsp3) is 0.533. The van der Waals surface area contributed by atoms with Crippen molar-refractivity contribution in [1.82, 2.24) is 0 Å². The molecule has 1 fully saturated rings. The van der Waals surface area contributed by atoms with E-state index in [2.05, 4.69) is 12.1 Å². The second-order valence-corrected chi connectivity index (χ2v) is 4.60. The number of rotatable bonds is 5. The Kier molecular flexibility index (Phi) is 4.90. The molecule has 0 bridgehead atoms. The molecule has 1 aliphatic rings. The maximum atomic E-state index is 11.7. The highest BCUT2D eigenvalue weighted by atomic mass is 16.6. The van der Waals surface area contributed by atoms with Crippen LogP contribution in [0.25, 0.3) is 0 Å². The van der Waals surface area contributed by atoms with Crippen LogP contribution in [0, 0.1) is 0 Å².